The van der Waals surface area contributed by atoms with Gasteiger partial charge in [-0.25, -0.2) is 0 Å². The molecule has 0 saturated carbocycles. The van der Waals surface area contributed by atoms with E-state index in [1.807, 2.05) is 0 Å². The Kier molecular flexibility index (Phi) is 10.3. The number of oxime groups is 1. The predicted molar refractivity (Wildman–Crippen MR) is 104 cm³/mol. The van der Waals surface area contributed by atoms with Crippen molar-refractivity contribution < 1.29 is 9.94 Å². The number of hydrogen-bond acceptors (Lipinski definition) is 4. The molecule has 1 aliphatic rings. The number of unbranched alkanes of at least 4 members (excludes halogenated alkanes) is 4. The fourth-order valence-electron chi connectivity index (χ4n) is 3.31. The van der Waals surface area contributed by atoms with Crippen LogP contribution >= 0.6 is 0 Å². The van der Waals surface area contributed by atoms with E-state index in [4.69, 9.17) is 9.94 Å². The Balaban J connectivity index is 1.32. The molecule has 140 valence electrons. The van der Waals surface area contributed by atoms with E-state index >= 15 is 0 Å². The Morgan fingerprint density at radius 2 is 1.56 bits per heavy atom. The Hall–Kier alpha value is -1.39. The first-order chi connectivity index (χ1) is 12.4. The molecule has 0 amide bonds. The van der Waals surface area contributed by atoms with Gasteiger partial charge in [-0.15, -0.1) is 0 Å². The fraction of sp³-hybridized carbons (Fsp3) is 0.667. The molecule has 1 fully saturated rings. The molecule has 1 aromatic rings. The molecular formula is C21H34N2O2. The Morgan fingerprint density at radius 1 is 0.880 bits per heavy atom. The highest BCUT2D eigenvalue weighted by Crippen LogP contribution is 2.10. The van der Waals surface area contributed by atoms with Crippen LogP contribution in [0.4, 0.5) is 0 Å². The van der Waals surface area contributed by atoms with E-state index in [0.29, 0.717) is 0 Å². The van der Waals surface area contributed by atoms with Crippen LogP contribution in [-0.2, 0) is 11.2 Å². The van der Waals surface area contributed by atoms with Gasteiger partial charge < -0.3 is 14.8 Å². The number of ether oxygens (including phenoxy) is 1. The Labute approximate surface area is 152 Å². The first-order valence-corrected chi connectivity index (χ1v) is 9.92. The van der Waals surface area contributed by atoms with Crippen LogP contribution in [0.15, 0.2) is 35.5 Å². The molecule has 0 radical (unpaired) electrons. The highest BCUT2D eigenvalue weighted by Gasteiger charge is 2.14. The van der Waals surface area contributed by atoms with Crippen LogP contribution in [0, 0.1) is 0 Å². The van der Waals surface area contributed by atoms with Gasteiger partial charge in [0, 0.05) is 39.1 Å². The van der Waals surface area contributed by atoms with Crippen molar-refractivity contribution in [2.45, 2.75) is 57.8 Å². The molecule has 0 bridgehead atoms. The minimum absolute atomic E-state index is 0.898. The topological polar surface area (TPSA) is 45.1 Å². The second-order valence-corrected chi connectivity index (χ2v) is 6.98. The third kappa shape index (κ3) is 9.03. The molecule has 0 aliphatic carbocycles. The van der Waals surface area contributed by atoms with Crippen LogP contribution in [0.5, 0.6) is 0 Å². The standard InChI is InChI=1S/C21H34N2O2/c24-22-21-13-16-23(17-14-21)15-7-1-2-8-18-25-19-9-6-12-20-10-4-3-5-11-20/h3-5,10-11,24H,1-2,6-9,12-19H2. The van der Waals surface area contributed by atoms with Gasteiger partial charge in [-0.3, -0.25) is 0 Å². The maximum Gasteiger partial charge on any atom is 0.0596 e. The molecule has 0 atom stereocenters. The van der Waals surface area contributed by atoms with Crippen LogP contribution in [0.3, 0.4) is 0 Å². The van der Waals surface area contributed by atoms with E-state index in [1.165, 1.54) is 44.2 Å². The third-order valence-corrected chi connectivity index (χ3v) is 4.93. The van der Waals surface area contributed by atoms with Crippen molar-refractivity contribution >= 4 is 5.71 Å². The van der Waals surface area contributed by atoms with Crippen LogP contribution in [0.2, 0.25) is 0 Å². The quantitative estimate of drug-likeness (QED) is 0.344. The summed E-state index contributed by atoms with van der Waals surface area (Å²) in [4.78, 5) is 2.48. The summed E-state index contributed by atoms with van der Waals surface area (Å²) in [5.41, 5.74) is 2.38. The summed E-state index contributed by atoms with van der Waals surface area (Å²) in [5, 5.41) is 12.1. The first kappa shape index (κ1) is 19.9. The van der Waals surface area contributed by atoms with Gasteiger partial charge in [-0.2, -0.15) is 0 Å². The van der Waals surface area contributed by atoms with Gasteiger partial charge in [0.1, 0.15) is 0 Å². The van der Waals surface area contributed by atoms with Gasteiger partial charge >= 0.3 is 0 Å². The van der Waals surface area contributed by atoms with Crippen molar-refractivity contribution in [3.05, 3.63) is 35.9 Å². The zero-order valence-corrected chi connectivity index (χ0v) is 15.5. The summed E-state index contributed by atoms with van der Waals surface area (Å²) in [6, 6.07) is 10.7. The molecule has 0 unspecified atom stereocenters. The lowest BCUT2D eigenvalue weighted by atomic mass is 10.1. The van der Waals surface area contributed by atoms with E-state index in [2.05, 4.69) is 40.4 Å². The summed E-state index contributed by atoms with van der Waals surface area (Å²) < 4.78 is 5.75. The van der Waals surface area contributed by atoms with E-state index in [-0.39, 0.29) is 0 Å². The third-order valence-electron chi connectivity index (χ3n) is 4.93. The van der Waals surface area contributed by atoms with Crippen molar-refractivity contribution in [3.63, 3.8) is 0 Å². The van der Waals surface area contributed by atoms with Crippen LogP contribution in [0.25, 0.3) is 0 Å². The zero-order valence-electron chi connectivity index (χ0n) is 15.5. The molecular weight excluding hydrogens is 312 g/mol. The second kappa shape index (κ2) is 12.9. The monoisotopic (exact) mass is 346 g/mol. The fourth-order valence-corrected chi connectivity index (χ4v) is 3.31. The number of hydrogen-bond donors (Lipinski definition) is 1. The van der Waals surface area contributed by atoms with E-state index in [0.717, 1.165) is 57.7 Å². The van der Waals surface area contributed by atoms with Gasteiger partial charge in [0.2, 0.25) is 0 Å². The summed E-state index contributed by atoms with van der Waals surface area (Å²) in [5.74, 6) is 0. The zero-order chi connectivity index (χ0) is 17.6. The lowest BCUT2D eigenvalue weighted by molar-refractivity contribution is 0.126. The number of aryl methyl sites for hydroxylation is 1. The minimum Gasteiger partial charge on any atom is -0.411 e. The summed E-state index contributed by atoms with van der Waals surface area (Å²) in [7, 11) is 0. The minimum atomic E-state index is 0.898. The first-order valence-electron chi connectivity index (χ1n) is 9.92. The van der Waals surface area contributed by atoms with Crippen molar-refractivity contribution in [1.29, 1.82) is 0 Å². The number of benzene rings is 1. The molecule has 1 aromatic carbocycles. The lowest BCUT2D eigenvalue weighted by Gasteiger charge is -2.26. The van der Waals surface area contributed by atoms with E-state index < -0.39 is 0 Å². The number of piperidine rings is 1. The highest BCUT2D eigenvalue weighted by molar-refractivity contribution is 5.84. The maximum absolute atomic E-state index is 8.75. The lowest BCUT2D eigenvalue weighted by Crippen LogP contribution is -2.34. The van der Waals surface area contributed by atoms with Gasteiger partial charge in [0.25, 0.3) is 0 Å². The average molecular weight is 347 g/mol. The predicted octanol–water partition coefficient (Wildman–Crippen LogP) is 4.51. The molecule has 1 heterocycles. The molecule has 4 nitrogen and oxygen atoms in total. The summed E-state index contributed by atoms with van der Waals surface area (Å²) in [6.45, 7) is 5.08. The smallest absolute Gasteiger partial charge is 0.0596 e. The van der Waals surface area contributed by atoms with Gasteiger partial charge in [0.05, 0.1) is 5.71 Å². The number of nitrogens with zero attached hydrogens (tertiary/aromatic N) is 2. The van der Waals surface area contributed by atoms with Gasteiger partial charge in [0.15, 0.2) is 0 Å². The number of likely N-dealkylation sites (tertiary alicyclic amines) is 1. The number of rotatable bonds is 12. The molecule has 2 rings (SSSR count). The van der Waals surface area contributed by atoms with Crippen molar-refractivity contribution in [2.24, 2.45) is 5.16 Å². The Morgan fingerprint density at radius 3 is 2.28 bits per heavy atom. The summed E-state index contributed by atoms with van der Waals surface area (Å²) in [6.07, 6.45) is 10.4. The molecule has 0 spiro atoms. The van der Waals surface area contributed by atoms with Crippen LogP contribution in [0.1, 0.15) is 56.9 Å². The molecule has 4 heteroatoms. The van der Waals surface area contributed by atoms with Gasteiger partial charge in [-0.1, -0.05) is 48.3 Å². The normalized spacial score (nSPS) is 15.4. The van der Waals surface area contributed by atoms with Gasteiger partial charge in [-0.05, 0) is 44.2 Å². The van der Waals surface area contributed by atoms with Crippen molar-refractivity contribution in [3.8, 4) is 0 Å². The van der Waals surface area contributed by atoms with Crippen molar-refractivity contribution in [1.82, 2.24) is 4.90 Å². The van der Waals surface area contributed by atoms with Crippen molar-refractivity contribution in [2.75, 3.05) is 32.8 Å². The van der Waals surface area contributed by atoms with E-state index in [9.17, 15) is 0 Å². The van der Waals surface area contributed by atoms with E-state index in [1.54, 1.807) is 0 Å². The van der Waals surface area contributed by atoms with Crippen LogP contribution < -0.4 is 0 Å². The second-order valence-electron chi connectivity index (χ2n) is 6.98. The largest absolute Gasteiger partial charge is 0.411 e. The highest BCUT2D eigenvalue weighted by atomic mass is 16.5. The van der Waals surface area contributed by atoms with Crippen LogP contribution in [-0.4, -0.2) is 48.7 Å². The molecule has 0 aromatic heterocycles. The maximum atomic E-state index is 8.75. The SMILES string of the molecule is ON=C1CCN(CCCCCCOCCCCc2ccccc2)CC1. The average Bonchev–Trinajstić information content (AvgIpc) is 2.67. The molecule has 1 N–H and O–H groups in total. The molecule has 1 saturated heterocycles. The summed E-state index contributed by atoms with van der Waals surface area (Å²) >= 11 is 0. The molecule has 1 aliphatic heterocycles. The molecule has 25 heavy (non-hydrogen) atoms. The Bertz CT molecular complexity index is 466.